The van der Waals surface area contributed by atoms with Crippen molar-refractivity contribution in [1.29, 1.82) is 0 Å². The van der Waals surface area contributed by atoms with Gasteiger partial charge in [0, 0.05) is 18.4 Å². The topological polar surface area (TPSA) is 49.2 Å². The molecular formula is C19H21N3O2S. The van der Waals surface area contributed by atoms with Crippen LogP contribution in [0.5, 0.6) is 11.5 Å². The van der Waals surface area contributed by atoms with Crippen molar-refractivity contribution in [3.05, 3.63) is 54.6 Å². The predicted molar refractivity (Wildman–Crippen MR) is 100 cm³/mol. The third-order valence-electron chi connectivity index (χ3n) is 3.58. The van der Waals surface area contributed by atoms with Crippen LogP contribution in [0.3, 0.4) is 0 Å². The zero-order valence-electron chi connectivity index (χ0n) is 14.4. The second kappa shape index (κ2) is 8.58. The van der Waals surface area contributed by atoms with E-state index in [9.17, 15) is 0 Å². The molecule has 1 heterocycles. The molecule has 0 aliphatic rings. The van der Waals surface area contributed by atoms with Crippen molar-refractivity contribution >= 4 is 11.8 Å². The van der Waals surface area contributed by atoms with E-state index in [0.29, 0.717) is 13.2 Å². The molecule has 0 saturated heterocycles. The maximum absolute atomic E-state index is 5.76. The maximum atomic E-state index is 5.76. The standard InChI is InChI=1S/C19H21N3O2S/c1-3-23-16-9-11-17(12-10-16)24-13-14-25-19-21-20-18(22(19)2)15-7-5-4-6-8-15/h4-12H,3,13-14H2,1-2H3. The van der Waals surface area contributed by atoms with E-state index in [1.165, 1.54) is 0 Å². The molecule has 0 atom stereocenters. The number of hydrogen-bond donors (Lipinski definition) is 0. The lowest BCUT2D eigenvalue weighted by molar-refractivity contribution is 0.332. The second-order valence-corrected chi connectivity index (χ2v) is 6.39. The van der Waals surface area contributed by atoms with Gasteiger partial charge in [-0.15, -0.1) is 10.2 Å². The largest absolute Gasteiger partial charge is 0.494 e. The molecule has 0 fully saturated rings. The van der Waals surface area contributed by atoms with E-state index in [1.807, 2.05) is 73.1 Å². The third kappa shape index (κ3) is 4.54. The van der Waals surface area contributed by atoms with E-state index in [-0.39, 0.29) is 0 Å². The molecule has 0 spiro atoms. The Kier molecular flexibility index (Phi) is 5.95. The predicted octanol–water partition coefficient (Wildman–Crippen LogP) is 4.05. The van der Waals surface area contributed by atoms with Gasteiger partial charge in [-0.2, -0.15) is 0 Å². The zero-order valence-corrected chi connectivity index (χ0v) is 15.2. The Morgan fingerprint density at radius 2 is 1.60 bits per heavy atom. The molecule has 0 amide bonds. The summed E-state index contributed by atoms with van der Waals surface area (Å²) in [6.07, 6.45) is 0. The number of rotatable bonds is 8. The van der Waals surface area contributed by atoms with E-state index in [2.05, 4.69) is 10.2 Å². The molecule has 3 rings (SSSR count). The van der Waals surface area contributed by atoms with Gasteiger partial charge < -0.3 is 14.0 Å². The SMILES string of the molecule is CCOc1ccc(OCCSc2nnc(-c3ccccc3)n2C)cc1. The molecule has 130 valence electrons. The van der Waals surface area contributed by atoms with Gasteiger partial charge in [0.15, 0.2) is 11.0 Å². The van der Waals surface area contributed by atoms with Crippen molar-refractivity contribution in [2.75, 3.05) is 19.0 Å². The van der Waals surface area contributed by atoms with Crippen LogP contribution in [0.2, 0.25) is 0 Å². The molecule has 0 bridgehead atoms. The van der Waals surface area contributed by atoms with Crippen LogP contribution in [-0.2, 0) is 7.05 Å². The van der Waals surface area contributed by atoms with Crippen LogP contribution in [0.15, 0.2) is 59.8 Å². The van der Waals surface area contributed by atoms with E-state index in [0.717, 1.165) is 33.8 Å². The van der Waals surface area contributed by atoms with Crippen LogP contribution >= 0.6 is 11.8 Å². The summed E-state index contributed by atoms with van der Waals surface area (Å²) in [6, 6.07) is 17.7. The summed E-state index contributed by atoms with van der Waals surface area (Å²) in [7, 11) is 1.98. The summed E-state index contributed by atoms with van der Waals surface area (Å²) in [5.74, 6) is 3.37. The Bertz CT molecular complexity index is 788. The molecule has 0 aliphatic carbocycles. The number of hydrogen-bond acceptors (Lipinski definition) is 5. The molecule has 1 aromatic heterocycles. The maximum Gasteiger partial charge on any atom is 0.191 e. The van der Waals surface area contributed by atoms with Gasteiger partial charge in [-0.3, -0.25) is 0 Å². The quantitative estimate of drug-likeness (QED) is 0.451. The molecule has 3 aromatic rings. The fourth-order valence-corrected chi connectivity index (χ4v) is 3.10. The minimum Gasteiger partial charge on any atom is -0.494 e. The van der Waals surface area contributed by atoms with Gasteiger partial charge >= 0.3 is 0 Å². The zero-order chi connectivity index (χ0) is 17.5. The van der Waals surface area contributed by atoms with Crippen LogP contribution in [0.25, 0.3) is 11.4 Å². The normalized spacial score (nSPS) is 10.6. The Morgan fingerprint density at radius 1 is 0.920 bits per heavy atom. The summed E-state index contributed by atoms with van der Waals surface area (Å²) in [5, 5.41) is 9.44. The Hall–Kier alpha value is -2.47. The fraction of sp³-hybridized carbons (Fsp3) is 0.263. The average molecular weight is 355 g/mol. The summed E-state index contributed by atoms with van der Waals surface area (Å²) in [6.45, 7) is 3.24. The number of benzene rings is 2. The van der Waals surface area contributed by atoms with Gasteiger partial charge in [0.1, 0.15) is 11.5 Å². The first kappa shape index (κ1) is 17.4. The summed E-state index contributed by atoms with van der Waals surface area (Å²) < 4.78 is 13.2. The number of thioether (sulfide) groups is 1. The van der Waals surface area contributed by atoms with Gasteiger partial charge in [0.2, 0.25) is 0 Å². The lowest BCUT2D eigenvalue weighted by atomic mass is 10.2. The highest BCUT2D eigenvalue weighted by Crippen LogP contribution is 2.23. The minimum absolute atomic E-state index is 0.603. The van der Waals surface area contributed by atoms with Crippen molar-refractivity contribution < 1.29 is 9.47 Å². The Morgan fingerprint density at radius 3 is 2.28 bits per heavy atom. The highest BCUT2D eigenvalue weighted by molar-refractivity contribution is 7.99. The Balaban J connectivity index is 1.50. The monoisotopic (exact) mass is 355 g/mol. The van der Waals surface area contributed by atoms with Crippen LogP contribution < -0.4 is 9.47 Å². The van der Waals surface area contributed by atoms with Crippen LogP contribution in [0.4, 0.5) is 0 Å². The lowest BCUT2D eigenvalue weighted by Gasteiger charge is -2.07. The van der Waals surface area contributed by atoms with Gasteiger partial charge in [0.05, 0.1) is 13.2 Å². The van der Waals surface area contributed by atoms with Crippen molar-refractivity contribution in [3.8, 4) is 22.9 Å². The van der Waals surface area contributed by atoms with Gasteiger partial charge in [-0.1, -0.05) is 42.1 Å². The molecule has 0 saturated carbocycles. The van der Waals surface area contributed by atoms with Crippen LogP contribution in [0, 0.1) is 0 Å². The second-order valence-electron chi connectivity index (χ2n) is 5.33. The number of aromatic nitrogens is 3. The molecule has 0 aliphatic heterocycles. The molecule has 25 heavy (non-hydrogen) atoms. The van der Waals surface area contributed by atoms with Crippen LogP contribution in [0.1, 0.15) is 6.92 Å². The molecular weight excluding hydrogens is 334 g/mol. The Labute approximate surface area is 152 Å². The molecule has 5 nitrogen and oxygen atoms in total. The summed E-state index contributed by atoms with van der Waals surface area (Å²) in [4.78, 5) is 0. The first-order chi connectivity index (χ1) is 12.3. The van der Waals surface area contributed by atoms with E-state index >= 15 is 0 Å². The first-order valence-corrected chi connectivity index (χ1v) is 9.19. The van der Waals surface area contributed by atoms with E-state index < -0.39 is 0 Å². The van der Waals surface area contributed by atoms with Gasteiger partial charge in [-0.25, -0.2) is 0 Å². The summed E-state index contributed by atoms with van der Waals surface area (Å²) >= 11 is 1.63. The molecule has 6 heteroatoms. The summed E-state index contributed by atoms with van der Waals surface area (Å²) in [5.41, 5.74) is 1.06. The van der Waals surface area contributed by atoms with Crippen molar-refractivity contribution in [1.82, 2.24) is 14.8 Å². The average Bonchev–Trinajstić information content (AvgIpc) is 3.02. The molecule has 0 unspecified atom stereocenters. The third-order valence-corrected chi connectivity index (χ3v) is 4.57. The van der Waals surface area contributed by atoms with E-state index in [1.54, 1.807) is 11.8 Å². The molecule has 0 N–H and O–H groups in total. The van der Waals surface area contributed by atoms with Crippen molar-refractivity contribution in [3.63, 3.8) is 0 Å². The van der Waals surface area contributed by atoms with Crippen molar-refractivity contribution in [2.45, 2.75) is 12.1 Å². The highest BCUT2D eigenvalue weighted by Gasteiger charge is 2.10. The molecule has 2 aromatic carbocycles. The van der Waals surface area contributed by atoms with Crippen LogP contribution in [-0.4, -0.2) is 33.7 Å². The van der Waals surface area contributed by atoms with Crippen molar-refractivity contribution in [2.24, 2.45) is 7.05 Å². The van der Waals surface area contributed by atoms with E-state index in [4.69, 9.17) is 9.47 Å². The highest BCUT2D eigenvalue weighted by atomic mass is 32.2. The smallest absolute Gasteiger partial charge is 0.191 e. The van der Waals surface area contributed by atoms with Gasteiger partial charge in [0.25, 0.3) is 0 Å². The van der Waals surface area contributed by atoms with Gasteiger partial charge in [-0.05, 0) is 31.2 Å². The molecule has 0 radical (unpaired) electrons. The fourth-order valence-electron chi connectivity index (χ4n) is 2.37. The number of nitrogens with zero attached hydrogens (tertiary/aromatic N) is 3. The first-order valence-electron chi connectivity index (χ1n) is 8.21. The lowest BCUT2D eigenvalue weighted by Crippen LogP contribution is -2.02. The minimum atomic E-state index is 0.603. The number of ether oxygens (including phenoxy) is 2.